The van der Waals surface area contributed by atoms with Crippen LogP contribution in [0.1, 0.15) is 29.6 Å². The van der Waals surface area contributed by atoms with Crippen LogP contribution < -0.4 is 5.32 Å². The van der Waals surface area contributed by atoms with Crippen molar-refractivity contribution in [3.8, 4) is 5.75 Å². The molecule has 0 saturated carbocycles. The van der Waals surface area contributed by atoms with Crippen LogP contribution in [0, 0.1) is 11.7 Å². The van der Waals surface area contributed by atoms with Gasteiger partial charge in [0.25, 0.3) is 5.91 Å². The second kappa shape index (κ2) is 6.52. The molecule has 0 radical (unpaired) electrons. The molecule has 5 heteroatoms. The van der Waals surface area contributed by atoms with E-state index in [0.29, 0.717) is 12.5 Å². The van der Waals surface area contributed by atoms with E-state index < -0.39 is 11.7 Å². The molecule has 0 aliphatic carbocycles. The summed E-state index contributed by atoms with van der Waals surface area (Å²) in [7, 11) is 0. The van der Waals surface area contributed by atoms with E-state index in [4.69, 9.17) is 4.74 Å². The zero-order valence-electron chi connectivity index (χ0n) is 10.7. The highest BCUT2D eigenvalue weighted by Gasteiger charge is 2.15. The van der Waals surface area contributed by atoms with Gasteiger partial charge in [-0.1, -0.05) is 0 Å². The van der Waals surface area contributed by atoms with Crippen LogP contribution in [0.4, 0.5) is 4.39 Å². The Labute approximate surface area is 111 Å². The Morgan fingerprint density at radius 3 is 3.11 bits per heavy atom. The number of benzene rings is 1. The number of nitrogens with one attached hydrogen (secondary N) is 1. The second-order valence-electron chi connectivity index (χ2n) is 4.79. The van der Waals surface area contributed by atoms with Crippen molar-refractivity contribution in [2.24, 2.45) is 5.92 Å². The van der Waals surface area contributed by atoms with Crippen LogP contribution in [0.25, 0.3) is 0 Å². The summed E-state index contributed by atoms with van der Waals surface area (Å²) < 4.78 is 18.8. The zero-order chi connectivity index (χ0) is 13.7. The van der Waals surface area contributed by atoms with Crippen LogP contribution in [0.15, 0.2) is 18.2 Å². The van der Waals surface area contributed by atoms with Gasteiger partial charge in [-0.3, -0.25) is 4.79 Å². The van der Waals surface area contributed by atoms with Gasteiger partial charge in [0.2, 0.25) is 0 Å². The van der Waals surface area contributed by atoms with Gasteiger partial charge < -0.3 is 15.2 Å². The van der Waals surface area contributed by atoms with E-state index in [9.17, 15) is 14.3 Å². The molecule has 1 aromatic carbocycles. The smallest absolute Gasteiger partial charge is 0.254 e. The van der Waals surface area contributed by atoms with Crippen molar-refractivity contribution < 1.29 is 19.0 Å². The summed E-state index contributed by atoms with van der Waals surface area (Å²) in [5.41, 5.74) is -0.125. The summed E-state index contributed by atoms with van der Waals surface area (Å²) in [6, 6.07) is 3.43. The Morgan fingerprint density at radius 1 is 1.53 bits per heavy atom. The number of rotatable bonds is 4. The van der Waals surface area contributed by atoms with Crippen LogP contribution in [-0.2, 0) is 4.74 Å². The molecular weight excluding hydrogens is 249 g/mol. The molecule has 1 atom stereocenters. The Bertz CT molecular complexity index is 444. The third-order valence-electron chi connectivity index (χ3n) is 3.29. The van der Waals surface area contributed by atoms with Crippen LogP contribution in [0.2, 0.25) is 0 Å². The second-order valence-corrected chi connectivity index (χ2v) is 4.79. The number of carbonyl (C=O) groups is 1. The maximum atomic E-state index is 13.4. The highest BCUT2D eigenvalue weighted by atomic mass is 19.1. The highest BCUT2D eigenvalue weighted by molar-refractivity contribution is 5.94. The molecular formula is C14H18FNO3. The molecule has 104 valence electrons. The van der Waals surface area contributed by atoms with E-state index in [1.54, 1.807) is 0 Å². The molecule has 2 rings (SSSR count). The molecule has 0 bridgehead atoms. The number of ether oxygens (including phenoxy) is 1. The minimum Gasteiger partial charge on any atom is -0.508 e. The van der Waals surface area contributed by atoms with Crippen LogP contribution in [-0.4, -0.2) is 30.8 Å². The third-order valence-corrected chi connectivity index (χ3v) is 3.29. The van der Waals surface area contributed by atoms with Crippen LogP contribution in [0.3, 0.4) is 0 Å². The number of phenols is 1. The first-order valence-corrected chi connectivity index (χ1v) is 6.51. The predicted octanol–water partition coefficient (Wildman–Crippen LogP) is 2.08. The summed E-state index contributed by atoms with van der Waals surface area (Å²) in [5, 5.41) is 11.9. The average molecular weight is 267 g/mol. The fraction of sp³-hybridized carbons (Fsp3) is 0.500. The summed E-state index contributed by atoms with van der Waals surface area (Å²) >= 11 is 0. The van der Waals surface area contributed by atoms with Gasteiger partial charge in [-0.2, -0.15) is 0 Å². The van der Waals surface area contributed by atoms with Gasteiger partial charge >= 0.3 is 0 Å². The van der Waals surface area contributed by atoms with E-state index in [1.807, 2.05) is 0 Å². The fourth-order valence-corrected chi connectivity index (χ4v) is 2.21. The van der Waals surface area contributed by atoms with E-state index >= 15 is 0 Å². The summed E-state index contributed by atoms with van der Waals surface area (Å²) in [4.78, 5) is 11.8. The lowest BCUT2D eigenvalue weighted by molar-refractivity contribution is 0.0514. The Balaban J connectivity index is 1.82. The van der Waals surface area contributed by atoms with Crippen LogP contribution >= 0.6 is 0 Å². The molecule has 1 fully saturated rings. The van der Waals surface area contributed by atoms with Crippen molar-refractivity contribution in [1.29, 1.82) is 0 Å². The lowest BCUT2D eigenvalue weighted by Gasteiger charge is -2.21. The van der Waals surface area contributed by atoms with Gasteiger partial charge in [0.15, 0.2) is 0 Å². The minimum atomic E-state index is -0.628. The SMILES string of the molecule is O=C(NCC[C@@H]1CCCOC1)c1cc(O)ccc1F. The van der Waals surface area contributed by atoms with Gasteiger partial charge in [-0.15, -0.1) is 0 Å². The standard InChI is InChI=1S/C14H18FNO3/c15-13-4-3-11(17)8-12(13)14(18)16-6-5-10-2-1-7-19-9-10/h3-4,8,10,17H,1-2,5-7,9H2,(H,16,18)/t10-/m0/s1. The van der Waals surface area contributed by atoms with E-state index in [2.05, 4.69) is 5.32 Å². The number of phenolic OH excluding ortho intramolecular Hbond substituents is 1. The Morgan fingerprint density at radius 2 is 2.37 bits per heavy atom. The van der Waals surface area contributed by atoms with Gasteiger partial charge in [-0.25, -0.2) is 4.39 Å². The molecule has 1 amide bonds. The first kappa shape index (κ1) is 13.8. The predicted molar refractivity (Wildman–Crippen MR) is 68.6 cm³/mol. The number of halogens is 1. The van der Waals surface area contributed by atoms with Crippen molar-refractivity contribution in [1.82, 2.24) is 5.32 Å². The van der Waals surface area contributed by atoms with Crippen molar-refractivity contribution in [2.75, 3.05) is 19.8 Å². The molecule has 0 spiro atoms. The molecule has 1 aliphatic heterocycles. The average Bonchev–Trinajstić information content (AvgIpc) is 2.42. The minimum absolute atomic E-state index is 0.118. The largest absolute Gasteiger partial charge is 0.508 e. The number of carbonyl (C=O) groups excluding carboxylic acids is 1. The van der Waals surface area contributed by atoms with Gasteiger partial charge in [0.1, 0.15) is 11.6 Å². The first-order valence-electron chi connectivity index (χ1n) is 6.51. The molecule has 0 unspecified atom stereocenters. The Kier molecular flexibility index (Phi) is 4.74. The molecule has 1 saturated heterocycles. The van der Waals surface area contributed by atoms with Crippen molar-refractivity contribution in [2.45, 2.75) is 19.3 Å². The molecule has 1 heterocycles. The summed E-state index contributed by atoms with van der Waals surface area (Å²) in [6.07, 6.45) is 2.99. The molecule has 4 nitrogen and oxygen atoms in total. The maximum absolute atomic E-state index is 13.4. The van der Waals surface area contributed by atoms with E-state index in [-0.39, 0.29) is 11.3 Å². The van der Waals surface area contributed by atoms with Crippen LogP contribution in [0.5, 0.6) is 5.75 Å². The van der Waals surface area contributed by atoms with E-state index in [0.717, 1.165) is 44.6 Å². The molecule has 1 aliphatic rings. The van der Waals surface area contributed by atoms with Crippen molar-refractivity contribution >= 4 is 5.91 Å². The Hall–Kier alpha value is -1.62. The number of aromatic hydroxyl groups is 1. The maximum Gasteiger partial charge on any atom is 0.254 e. The lowest BCUT2D eigenvalue weighted by Crippen LogP contribution is -2.28. The van der Waals surface area contributed by atoms with Gasteiger partial charge in [-0.05, 0) is 43.4 Å². The topological polar surface area (TPSA) is 58.6 Å². The van der Waals surface area contributed by atoms with E-state index in [1.165, 1.54) is 6.07 Å². The first-order chi connectivity index (χ1) is 9.16. The van der Waals surface area contributed by atoms with Gasteiger partial charge in [0.05, 0.1) is 5.56 Å². The number of amides is 1. The fourth-order valence-electron chi connectivity index (χ4n) is 2.21. The molecule has 0 aromatic heterocycles. The summed E-state index contributed by atoms with van der Waals surface area (Å²) in [6.45, 7) is 2.04. The normalized spacial score (nSPS) is 19.1. The molecule has 2 N–H and O–H groups in total. The zero-order valence-corrected chi connectivity index (χ0v) is 10.7. The highest BCUT2D eigenvalue weighted by Crippen LogP contribution is 2.17. The third kappa shape index (κ3) is 3.92. The quantitative estimate of drug-likeness (QED) is 0.878. The lowest BCUT2D eigenvalue weighted by atomic mass is 9.99. The molecule has 1 aromatic rings. The van der Waals surface area contributed by atoms with Crippen molar-refractivity contribution in [3.63, 3.8) is 0 Å². The number of hydrogen-bond donors (Lipinski definition) is 2. The molecule has 19 heavy (non-hydrogen) atoms. The monoisotopic (exact) mass is 267 g/mol. The van der Waals surface area contributed by atoms with Gasteiger partial charge in [0, 0.05) is 19.8 Å². The summed E-state index contributed by atoms with van der Waals surface area (Å²) in [5.74, 6) is -0.781. The number of hydrogen-bond acceptors (Lipinski definition) is 3. The van der Waals surface area contributed by atoms with Crippen molar-refractivity contribution in [3.05, 3.63) is 29.6 Å².